The van der Waals surface area contributed by atoms with Crippen LogP contribution in [0.1, 0.15) is 5.56 Å². The Balaban J connectivity index is 2.28. The summed E-state index contributed by atoms with van der Waals surface area (Å²) in [6.07, 6.45) is 1.09. The van der Waals surface area contributed by atoms with E-state index in [1.165, 1.54) is 19.2 Å². The molecule has 1 nitrogen and oxygen atoms in total. The van der Waals surface area contributed by atoms with E-state index in [1.807, 2.05) is 0 Å². The van der Waals surface area contributed by atoms with Gasteiger partial charge in [0.25, 0.3) is 0 Å². The molecule has 0 fully saturated rings. The number of para-hydroxylation sites is 1. The molecule has 1 aliphatic heterocycles. The Kier molecular flexibility index (Phi) is 3.08. The molecule has 0 saturated carbocycles. The summed E-state index contributed by atoms with van der Waals surface area (Å²) in [6.45, 7) is 0. The third kappa shape index (κ3) is 2.07. The van der Waals surface area contributed by atoms with E-state index in [2.05, 4.69) is 52.7 Å². The molecule has 1 aliphatic rings. The molecule has 0 atom stereocenters. The van der Waals surface area contributed by atoms with Crippen LogP contribution in [0.25, 0.3) is 0 Å². The molecular weight excluding hydrogens is 285 g/mol. The van der Waals surface area contributed by atoms with Crippen molar-refractivity contribution in [3.05, 3.63) is 57.3 Å². The predicted molar refractivity (Wildman–Crippen MR) is 72.2 cm³/mol. The third-order valence-electron chi connectivity index (χ3n) is 2.85. The Morgan fingerprint density at radius 1 is 1.06 bits per heavy atom. The first kappa shape index (κ1) is 11.1. The summed E-state index contributed by atoms with van der Waals surface area (Å²) >= 11 is 0.0861. The first-order chi connectivity index (χ1) is 8.38. The van der Waals surface area contributed by atoms with Crippen LogP contribution in [0, 0.1) is 3.95 Å². The van der Waals surface area contributed by atoms with Gasteiger partial charge in [-0.25, -0.2) is 0 Å². The van der Waals surface area contributed by atoms with Gasteiger partial charge in [-0.3, -0.25) is 0 Å². The number of benzene rings is 2. The number of rotatable bonds is 2. The number of hydrogen-bond acceptors (Lipinski definition) is 1. The molecule has 81 valence electrons. The minimum atomic E-state index is 0.0861. The normalized spacial score (nSPS) is 13.0. The van der Waals surface area contributed by atoms with Gasteiger partial charge in [0.05, 0.1) is 0 Å². The monoisotopic (exact) mass is 296 g/mol. The molecular formula is C14H11AsNSi. The third-order valence-corrected chi connectivity index (χ3v) is 5.95. The summed E-state index contributed by atoms with van der Waals surface area (Å²) in [5, 5.41) is 1.18. The van der Waals surface area contributed by atoms with Crippen molar-refractivity contribution in [3.63, 3.8) is 0 Å². The van der Waals surface area contributed by atoms with E-state index in [0.717, 1.165) is 18.2 Å². The molecule has 0 aliphatic carbocycles. The molecule has 1 heterocycles. The first-order valence-corrected chi connectivity index (χ1v) is 8.26. The van der Waals surface area contributed by atoms with Gasteiger partial charge in [-0.2, -0.15) is 0 Å². The zero-order valence-electron chi connectivity index (χ0n) is 9.35. The van der Waals surface area contributed by atoms with E-state index in [9.17, 15) is 0 Å². The molecule has 0 bridgehead atoms. The van der Waals surface area contributed by atoms with Crippen molar-refractivity contribution in [2.45, 2.75) is 12.5 Å². The fourth-order valence-corrected chi connectivity index (χ4v) is 4.84. The molecule has 3 heteroatoms. The average molecular weight is 296 g/mol. The van der Waals surface area contributed by atoms with Crippen LogP contribution in [0.2, 0.25) is 6.04 Å². The van der Waals surface area contributed by atoms with Crippen molar-refractivity contribution < 1.29 is 0 Å². The van der Waals surface area contributed by atoms with Crippen molar-refractivity contribution >= 4 is 35.6 Å². The molecule has 3 rings (SSSR count). The van der Waals surface area contributed by atoms with Crippen molar-refractivity contribution in [2.75, 3.05) is 0 Å². The summed E-state index contributed by atoms with van der Waals surface area (Å²) in [5.74, 6) is 0. The Bertz CT molecular complexity index is 679. The standard InChI is InChI=1S/C14H11AsNSi/c17-9-8-10-4-3-7-13-14(10)15-11-5-1-2-6-12(11)16-13/h1-7H,8-9H2. The molecule has 0 saturated heterocycles. The van der Waals surface area contributed by atoms with Crippen LogP contribution in [0.5, 0.6) is 0 Å². The Morgan fingerprint density at radius 3 is 2.82 bits per heavy atom. The van der Waals surface area contributed by atoms with E-state index in [-0.39, 0.29) is 15.3 Å². The Morgan fingerprint density at radius 2 is 1.94 bits per heavy atom. The maximum atomic E-state index is 4.76. The summed E-state index contributed by atoms with van der Waals surface area (Å²) in [5.41, 5.74) is 2.62. The van der Waals surface area contributed by atoms with Crippen molar-refractivity contribution in [3.8, 4) is 0 Å². The molecule has 2 aromatic rings. The zero-order chi connectivity index (χ0) is 11.7. The van der Waals surface area contributed by atoms with Gasteiger partial charge in [0, 0.05) is 0 Å². The second-order valence-electron chi connectivity index (χ2n) is 4.00. The van der Waals surface area contributed by atoms with E-state index in [0.29, 0.717) is 0 Å². The maximum absolute atomic E-state index is 4.76. The number of aryl methyl sites for hydroxylation is 1. The number of nitrogens with zero attached hydrogens (tertiary/aromatic N) is 1. The van der Waals surface area contributed by atoms with E-state index in [1.54, 1.807) is 0 Å². The minimum absolute atomic E-state index is 0.0861. The van der Waals surface area contributed by atoms with Crippen molar-refractivity contribution in [1.82, 2.24) is 0 Å². The van der Waals surface area contributed by atoms with Gasteiger partial charge >= 0.3 is 110 Å². The van der Waals surface area contributed by atoms with Gasteiger partial charge in [0.15, 0.2) is 0 Å². The summed E-state index contributed by atoms with van der Waals surface area (Å²) in [6, 6.07) is 16.0. The first-order valence-electron chi connectivity index (χ1n) is 5.67. The van der Waals surface area contributed by atoms with E-state index >= 15 is 0 Å². The Labute approximate surface area is 110 Å². The molecule has 0 amide bonds. The van der Waals surface area contributed by atoms with Crippen LogP contribution in [-0.4, -0.2) is 25.6 Å². The van der Waals surface area contributed by atoms with Crippen LogP contribution >= 0.6 is 0 Å². The van der Waals surface area contributed by atoms with E-state index in [4.69, 9.17) is 4.99 Å². The second-order valence-corrected chi connectivity index (χ2v) is 6.92. The van der Waals surface area contributed by atoms with Crippen LogP contribution < -0.4 is 9.71 Å². The van der Waals surface area contributed by atoms with Gasteiger partial charge < -0.3 is 0 Å². The van der Waals surface area contributed by atoms with Gasteiger partial charge in [-0.1, -0.05) is 0 Å². The summed E-state index contributed by atoms with van der Waals surface area (Å²) < 4.78 is 2.92. The van der Waals surface area contributed by atoms with Crippen molar-refractivity contribution in [1.29, 1.82) is 0 Å². The van der Waals surface area contributed by atoms with Crippen molar-refractivity contribution in [2.24, 2.45) is 4.99 Å². The second kappa shape index (κ2) is 4.71. The van der Waals surface area contributed by atoms with Gasteiger partial charge in [-0.05, 0) is 0 Å². The number of hydrogen-bond donors (Lipinski definition) is 0. The van der Waals surface area contributed by atoms with Gasteiger partial charge in [-0.15, -0.1) is 0 Å². The summed E-state index contributed by atoms with van der Waals surface area (Å²) in [7, 11) is 3.57. The zero-order valence-corrected chi connectivity index (χ0v) is 12.2. The number of fused-ring (bicyclic) bond motifs is 2. The molecule has 17 heavy (non-hydrogen) atoms. The Hall–Kier alpha value is -0.985. The topological polar surface area (TPSA) is 12.4 Å². The molecule has 0 aromatic heterocycles. The van der Waals surface area contributed by atoms with Crippen LogP contribution in [-0.2, 0) is 6.42 Å². The molecule has 0 unspecified atom stereocenters. The van der Waals surface area contributed by atoms with Gasteiger partial charge in [0.1, 0.15) is 0 Å². The average Bonchev–Trinajstić information content (AvgIpc) is 2.37. The van der Waals surface area contributed by atoms with Gasteiger partial charge in [0.2, 0.25) is 0 Å². The predicted octanol–water partition coefficient (Wildman–Crippen LogP) is 1.36. The summed E-state index contributed by atoms with van der Waals surface area (Å²) in [4.78, 5) is 4.76. The molecule has 0 spiro atoms. The fourth-order valence-electron chi connectivity index (χ4n) is 2.04. The molecule has 3 radical (unpaired) electrons. The SMILES string of the molecule is [Si]CCc1cccc2c1=[As]c1ccccc1N=2. The molecule has 2 aromatic carbocycles. The quantitative estimate of drug-likeness (QED) is 0.633. The fraction of sp³-hybridized carbons (Fsp3) is 0.143. The van der Waals surface area contributed by atoms with Crippen LogP contribution in [0.4, 0.5) is 5.69 Å². The van der Waals surface area contributed by atoms with E-state index < -0.39 is 0 Å². The van der Waals surface area contributed by atoms with Crippen LogP contribution in [0.15, 0.2) is 47.5 Å². The molecule has 0 N–H and O–H groups in total. The van der Waals surface area contributed by atoms with Crippen LogP contribution in [0.3, 0.4) is 0 Å².